The van der Waals surface area contributed by atoms with E-state index in [4.69, 9.17) is 14.2 Å². The number of carbonyl (C=O) groups excluding carboxylic acids is 3. The van der Waals surface area contributed by atoms with Crippen LogP contribution < -0.4 is 9.47 Å². The molecule has 0 bridgehead atoms. The normalized spacial score (nSPS) is 12.6. The summed E-state index contributed by atoms with van der Waals surface area (Å²) in [4.78, 5) is 39.0. The van der Waals surface area contributed by atoms with Gasteiger partial charge in [0.25, 0.3) is 0 Å². The molecule has 0 radical (unpaired) electrons. The van der Waals surface area contributed by atoms with Crippen molar-refractivity contribution >= 4 is 17.5 Å². The Bertz CT molecular complexity index is 911. The van der Waals surface area contributed by atoms with Gasteiger partial charge in [0.2, 0.25) is 5.78 Å². The van der Waals surface area contributed by atoms with Crippen molar-refractivity contribution in [3.05, 3.63) is 46.3 Å². The number of ether oxygens (including phenoxy) is 3. The molecule has 0 amide bonds. The van der Waals surface area contributed by atoms with Crippen LogP contribution in [0.4, 0.5) is 0 Å². The molecule has 0 fully saturated rings. The molecule has 2 heterocycles. The first kappa shape index (κ1) is 18.7. The topological polar surface area (TPSA) is 94.7 Å². The SMILES string of the molecule is CC(=O)c1c(C)[nH]c(C(=O)COC(=O)Cc2ccc3c(c2)OCCO3)c1C. The number of benzene rings is 1. The van der Waals surface area contributed by atoms with Crippen LogP contribution >= 0.6 is 0 Å². The molecule has 3 rings (SSSR count). The number of hydrogen-bond acceptors (Lipinski definition) is 6. The maximum absolute atomic E-state index is 12.3. The molecular weight excluding hydrogens is 350 g/mol. The molecule has 0 saturated carbocycles. The van der Waals surface area contributed by atoms with Gasteiger partial charge < -0.3 is 19.2 Å². The van der Waals surface area contributed by atoms with Gasteiger partial charge in [-0.1, -0.05) is 6.07 Å². The fourth-order valence-corrected chi connectivity index (χ4v) is 3.19. The molecular formula is C20H21NO6. The van der Waals surface area contributed by atoms with E-state index in [1.165, 1.54) is 6.92 Å². The molecule has 0 aliphatic carbocycles. The predicted molar refractivity (Wildman–Crippen MR) is 96.7 cm³/mol. The minimum Gasteiger partial charge on any atom is -0.486 e. The molecule has 0 atom stereocenters. The van der Waals surface area contributed by atoms with Crippen molar-refractivity contribution in [2.75, 3.05) is 19.8 Å². The summed E-state index contributed by atoms with van der Waals surface area (Å²) in [6.07, 6.45) is 0.0192. The molecule has 7 nitrogen and oxygen atoms in total. The first-order valence-corrected chi connectivity index (χ1v) is 8.64. The van der Waals surface area contributed by atoms with Gasteiger partial charge >= 0.3 is 5.97 Å². The van der Waals surface area contributed by atoms with Crippen molar-refractivity contribution in [1.29, 1.82) is 0 Å². The zero-order valence-electron chi connectivity index (χ0n) is 15.5. The average Bonchev–Trinajstić information content (AvgIpc) is 2.94. The van der Waals surface area contributed by atoms with Crippen LogP contribution in [-0.4, -0.2) is 42.3 Å². The molecule has 0 saturated heterocycles. The minimum atomic E-state index is -0.521. The van der Waals surface area contributed by atoms with E-state index < -0.39 is 5.97 Å². The Hall–Kier alpha value is -3.09. The molecule has 7 heteroatoms. The third-order valence-corrected chi connectivity index (χ3v) is 4.39. The van der Waals surface area contributed by atoms with Crippen LogP contribution in [0.25, 0.3) is 0 Å². The lowest BCUT2D eigenvalue weighted by atomic mass is 10.1. The number of aromatic amines is 1. The fraction of sp³-hybridized carbons (Fsp3) is 0.350. The lowest BCUT2D eigenvalue weighted by molar-refractivity contribution is -0.141. The number of hydrogen-bond donors (Lipinski definition) is 1. The number of aromatic nitrogens is 1. The van der Waals surface area contributed by atoms with Crippen LogP contribution in [0, 0.1) is 13.8 Å². The van der Waals surface area contributed by atoms with E-state index in [0.717, 1.165) is 0 Å². The van der Waals surface area contributed by atoms with Crippen molar-refractivity contribution in [1.82, 2.24) is 4.98 Å². The zero-order chi connectivity index (χ0) is 19.6. The average molecular weight is 371 g/mol. The summed E-state index contributed by atoms with van der Waals surface area (Å²) in [6.45, 7) is 5.46. The van der Waals surface area contributed by atoms with Crippen LogP contribution in [0.1, 0.15) is 44.6 Å². The predicted octanol–water partition coefficient (Wildman–Crippen LogP) is 2.57. The molecule has 1 aliphatic heterocycles. The Morgan fingerprint density at radius 3 is 2.48 bits per heavy atom. The second-order valence-corrected chi connectivity index (χ2v) is 6.42. The van der Waals surface area contributed by atoms with E-state index in [9.17, 15) is 14.4 Å². The largest absolute Gasteiger partial charge is 0.486 e. The molecule has 1 aromatic carbocycles. The highest BCUT2D eigenvalue weighted by molar-refractivity contribution is 6.04. The van der Waals surface area contributed by atoms with Gasteiger partial charge in [0.15, 0.2) is 23.9 Å². The highest BCUT2D eigenvalue weighted by atomic mass is 16.6. The van der Waals surface area contributed by atoms with Gasteiger partial charge in [-0.15, -0.1) is 0 Å². The van der Waals surface area contributed by atoms with Crippen LogP contribution in [0.2, 0.25) is 0 Å². The van der Waals surface area contributed by atoms with Gasteiger partial charge in [0.05, 0.1) is 12.1 Å². The number of rotatable bonds is 6. The Morgan fingerprint density at radius 2 is 1.81 bits per heavy atom. The van der Waals surface area contributed by atoms with E-state index >= 15 is 0 Å². The molecule has 142 valence electrons. The number of aryl methyl sites for hydroxylation is 1. The summed E-state index contributed by atoms with van der Waals surface area (Å²) in [7, 11) is 0. The first-order chi connectivity index (χ1) is 12.9. The maximum Gasteiger partial charge on any atom is 0.310 e. The summed E-state index contributed by atoms with van der Waals surface area (Å²) < 4.78 is 16.0. The lowest BCUT2D eigenvalue weighted by Gasteiger charge is -2.18. The summed E-state index contributed by atoms with van der Waals surface area (Å²) >= 11 is 0. The Kier molecular flexibility index (Phi) is 5.30. The van der Waals surface area contributed by atoms with Gasteiger partial charge in [0.1, 0.15) is 13.2 Å². The standard InChI is InChI=1S/C20H21NO6/c1-11-19(13(3)22)12(2)21-20(11)15(23)10-27-18(24)9-14-4-5-16-17(8-14)26-7-6-25-16/h4-5,8,21H,6-7,9-10H2,1-3H3. The Labute approximate surface area is 156 Å². The van der Waals surface area contributed by atoms with E-state index in [1.54, 1.807) is 32.0 Å². The Balaban J connectivity index is 1.60. The highest BCUT2D eigenvalue weighted by Crippen LogP contribution is 2.30. The van der Waals surface area contributed by atoms with E-state index in [1.807, 2.05) is 0 Å². The third kappa shape index (κ3) is 4.02. The highest BCUT2D eigenvalue weighted by Gasteiger charge is 2.21. The van der Waals surface area contributed by atoms with E-state index in [2.05, 4.69) is 4.98 Å². The number of nitrogens with one attached hydrogen (secondary N) is 1. The lowest BCUT2D eigenvalue weighted by Crippen LogP contribution is -2.17. The van der Waals surface area contributed by atoms with Crippen molar-refractivity contribution in [2.45, 2.75) is 27.2 Å². The summed E-state index contributed by atoms with van der Waals surface area (Å²) in [5, 5.41) is 0. The van der Waals surface area contributed by atoms with E-state index in [-0.39, 0.29) is 24.6 Å². The summed E-state index contributed by atoms with van der Waals surface area (Å²) in [5.41, 5.74) is 2.71. The smallest absolute Gasteiger partial charge is 0.310 e. The van der Waals surface area contributed by atoms with Crippen LogP contribution in [0.3, 0.4) is 0 Å². The van der Waals surface area contributed by atoms with Gasteiger partial charge in [-0.25, -0.2) is 0 Å². The van der Waals surface area contributed by atoms with Crippen molar-refractivity contribution < 1.29 is 28.6 Å². The molecule has 1 aromatic heterocycles. The van der Waals surface area contributed by atoms with Gasteiger partial charge in [-0.2, -0.15) is 0 Å². The first-order valence-electron chi connectivity index (χ1n) is 8.64. The summed E-state index contributed by atoms with van der Waals surface area (Å²) in [6, 6.07) is 5.24. The van der Waals surface area contributed by atoms with Crippen LogP contribution in [0.15, 0.2) is 18.2 Å². The number of ketones is 2. The quantitative estimate of drug-likeness (QED) is 0.619. The Morgan fingerprint density at radius 1 is 1.11 bits per heavy atom. The second-order valence-electron chi connectivity index (χ2n) is 6.42. The fourth-order valence-electron chi connectivity index (χ4n) is 3.19. The van der Waals surface area contributed by atoms with Gasteiger partial charge in [0, 0.05) is 11.3 Å². The minimum absolute atomic E-state index is 0.0192. The molecule has 2 aromatic rings. The maximum atomic E-state index is 12.3. The third-order valence-electron chi connectivity index (χ3n) is 4.39. The zero-order valence-corrected chi connectivity index (χ0v) is 15.5. The number of fused-ring (bicyclic) bond motifs is 1. The molecule has 1 N–H and O–H groups in total. The van der Waals surface area contributed by atoms with Crippen LogP contribution in [0.5, 0.6) is 11.5 Å². The summed E-state index contributed by atoms with van der Waals surface area (Å²) in [5.74, 6) is 0.228. The molecule has 0 spiro atoms. The van der Waals surface area contributed by atoms with Crippen molar-refractivity contribution in [3.63, 3.8) is 0 Å². The number of carbonyl (C=O) groups is 3. The van der Waals surface area contributed by atoms with Crippen molar-refractivity contribution in [3.8, 4) is 11.5 Å². The second kappa shape index (κ2) is 7.65. The van der Waals surface area contributed by atoms with Gasteiger partial charge in [-0.3, -0.25) is 14.4 Å². The van der Waals surface area contributed by atoms with Gasteiger partial charge in [-0.05, 0) is 44.0 Å². The number of H-pyrrole nitrogens is 1. The van der Waals surface area contributed by atoms with E-state index in [0.29, 0.717) is 52.8 Å². The molecule has 0 unspecified atom stereocenters. The monoisotopic (exact) mass is 371 g/mol. The van der Waals surface area contributed by atoms with Crippen molar-refractivity contribution in [2.24, 2.45) is 0 Å². The number of esters is 1. The van der Waals surface area contributed by atoms with Crippen LogP contribution in [-0.2, 0) is 16.0 Å². The number of Topliss-reactive ketones (excluding diaryl/α,β-unsaturated/α-hetero) is 2. The molecule has 27 heavy (non-hydrogen) atoms. The molecule has 1 aliphatic rings.